The third-order valence-electron chi connectivity index (χ3n) is 2.92. The van der Waals surface area contributed by atoms with E-state index in [2.05, 4.69) is 65.1 Å². The van der Waals surface area contributed by atoms with E-state index in [1.54, 1.807) is 0 Å². The van der Waals surface area contributed by atoms with Crippen molar-refractivity contribution in [3.63, 3.8) is 0 Å². The number of nitrogens with one attached hydrogen (secondary N) is 1. The molecule has 0 aromatic heterocycles. The summed E-state index contributed by atoms with van der Waals surface area (Å²) < 4.78 is 0. The van der Waals surface area contributed by atoms with Crippen LogP contribution >= 0.6 is 0 Å². The van der Waals surface area contributed by atoms with E-state index in [1.807, 2.05) is 0 Å². The largest absolute Gasteiger partial charge is 0.311 e. The van der Waals surface area contributed by atoms with Gasteiger partial charge in [0.2, 0.25) is 0 Å². The zero-order valence-electron chi connectivity index (χ0n) is 12.0. The standard InChI is InChI=1S/C16H25N/c1-11(2)17-10-13(4)9-16-14(5)7-12(3)8-15(16)6/h7-9,11,17H,10H2,1-6H3. The van der Waals surface area contributed by atoms with Crippen molar-refractivity contribution in [1.82, 2.24) is 5.32 Å². The van der Waals surface area contributed by atoms with Crippen molar-refractivity contribution in [1.29, 1.82) is 0 Å². The van der Waals surface area contributed by atoms with Crippen LogP contribution in [0.5, 0.6) is 0 Å². The third-order valence-corrected chi connectivity index (χ3v) is 2.92. The van der Waals surface area contributed by atoms with Crippen molar-refractivity contribution in [2.45, 2.75) is 47.6 Å². The van der Waals surface area contributed by atoms with Gasteiger partial charge in [0.1, 0.15) is 0 Å². The summed E-state index contributed by atoms with van der Waals surface area (Å²) in [6.45, 7) is 14.0. The van der Waals surface area contributed by atoms with Gasteiger partial charge in [-0.15, -0.1) is 0 Å². The Balaban J connectivity index is 2.90. The summed E-state index contributed by atoms with van der Waals surface area (Å²) in [5, 5.41) is 3.45. The van der Waals surface area contributed by atoms with E-state index in [0.29, 0.717) is 6.04 Å². The molecule has 0 spiro atoms. The van der Waals surface area contributed by atoms with Crippen molar-refractivity contribution >= 4 is 6.08 Å². The van der Waals surface area contributed by atoms with Crippen LogP contribution in [0.4, 0.5) is 0 Å². The molecular weight excluding hydrogens is 206 g/mol. The molecule has 0 heterocycles. The molecule has 1 rings (SSSR count). The summed E-state index contributed by atoms with van der Waals surface area (Å²) in [5.74, 6) is 0. The van der Waals surface area contributed by atoms with E-state index in [4.69, 9.17) is 0 Å². The van der Waals surface area contributed by atoms with Gasteiger partial charge in [0, 0.05) is 12.6 Å². The summed E-state index contributed by atoms with van der Waals surface area (Å²) in [6.07, 6.45) is 2.31. The molecule has 1 N–H and O–H groups in total. The lowest BCUT2D eigenvalue weighted by molar-refractivity contribution is 0.623. The van der Waals surface area contributed by atoms with Gasteiger partial charge in [-0.1, -0.05) is 43.2 Å². The lowest BCUT2D eigenvalue weighted by Crippen LogP contribution is -2.24. The van der Waals surface area contributed by atoms with Crippen LogP contribution in [0.1, 0.15) is 43.0 Å². The van der Waals surface area contributed by atoms with E-state index < -0.39 is 0 Å². The molecule has 0 aliphatic rings. The Morgan fingerprint density at radius 3 is 2.18 bits per heavy atom. The van der Waals surface area contributed by atoms with Gasteiger partial charge in [0.25, 0.3) is 0 Å². The molecule has 0 unspecified atom stereocenters. The van der Waals surface area contributed by atoms with E-state index in [-0.39, 0.29) is 0 Å². The fraction of sp³-hybridized carbons (Fsp3) is 0.500. The van der Waals surface area contributed by atoms with E-state index >= 15 is 0 Å². The van der Waals surface area contributed by atoms with Gasteiger partial charge in [-0.2, -0.15) is 0 Å². The molecule has 0 saturated carbocycles. The Bertz CT molecular complexity index is 391. The van der Waals surface area contributed by atoms with Crippen molar-refractivity contribution in [3.8, 4) is 0 Å². The first-order valence-electron chi connectivity index (χ1n) is 6.38. The zero-order valence-corrected chi connectivity index (χ0v) is 12.0. The van der Waals surface area contributed by atoms with Gasteiger partial charge in [0.05, 0.1) is 0 Å². The maximum absolute atomic E-state index is 3.45. The van der Waals surface area contributed by atoms with E-state index in [9.17, 15) is 0 Å². The van der Waals surface area contributed by atoms with E-state index in [0.717, 1.165) is 6.54 Å². The number of hydrogen-bond donors (Lipinski definition) is 1. The Morgan fingerprint density at radius 2 is 1.71 bits per heavy atom. The van der Waals surface area contributed by atoms with Gasteiger partial charge in [-0.05, 0) is 44.4 Å². The monoisotopic (exact) mass is 231 g/mol. The SMILES string of the molecule is CC(=Cc1c(C)cc(C)cc1C)CNC(C)C. The molecule has 1 nitrogen and oxygen atoms in total. The summed E-state index contributed by atoms with van der Waals surface area (Å²) in [5.41, 5.74) is 6.83. The third kappa shape index (κ3) is 4.35. The highest BCUT2D eigenvalue weighted by atomic mass is 14.9. The van der Waals surface area contributed by atoms with Crippen LogP contribution in [0.3, 0.4) is 0 Å². The summed E-state index contributed by atoms with van der Waals surface area (Å²) in [4.78, 5) is 0. The van der Waals surface area contributed by atoms with Crippen LogP contribution in [-0.4, -0.2) is 12.6 Å². The second kappa shape index (κ2) is 6.02. The molecule has 1 aromatic rings. The molecular formula is C16H25N. The van der Waals surface area contributed by atoms with Crippen molar-refractivity contribution in [2.75, 3.05) is 6.54 Å². The number of hydrogen-bond acceptors (Lipinski definition) is 1. The summed E-state index contributed by atoms with van der Waals surface area (Å²) in [6, 6.07) is 5.04. The maximum atomic E-state index is 3.45. The normalized spacial score (nSPS) is 12.3. The summed E-state index contributed by atoms with van der Waals surface area (Å²) in [7, 11) is 0. The minimum absolute atomic E-state index is 0.540. The van der Waals surface area contributed by atoms with Crippen LogP contribution in [0.2, 0.25) is 0 Å². The minimum Gasteiger partial charge on any atom is -0.311 e. The lowest BCUT2D eigenvalue weighted by Gasteiger charge is -2.11. The van der Waals surface area contributed by atoms with Crippen molar-refractivity contribution in [3.05, 3.63) is 40.0 Å². The van der Waals surface area contributed by atoms with Crippen molar-refractivity contribution in [2.24, 2.45) is 0 Å². The van der Waals surface area contributed by atoms with Crippen LogP contribution in [0.25, 0.3) is 6.08 Å². The number of aryl methyl sites for hydroxylation is 3. The smallest absolute Gasteiger partial charge is 0.0167 e. The lowest BCUT2D eigenvalue weighted by atomic mass is 9.98. The van der Waals surface area contributed by atoms with E-state index in [1.165, 1.54) is 27.8 Å². The molecule has 0 aliphatic carbocycles. The van der Waals surface area contributed by atoms with Gasteiger partial charge in [-0.25, -0.2) is 0 Å². The highest BCUT2D eigenvalue weighted by Gasteiger charge is 2.02. The van der Waals surface area contributed by atoms with Crippen molar-refractivity contribution < 1.29 is 0 Å². The average molecular weight is 231 g/mol. The molecule has 0 bridgehead atoms. The number of rotatable bonds is 4. The minimum atomic E-state index is 0.540. The number of benzene rings is 1. The summed E-state index contributed by atoms with van der Waals surface area (Å²) >= 11 is 0. The first-order valence-corrected chi connectivity index (χ1v) is 6.38. The second-order valence-electron chi connectivity index (χ2n) is 5.34. The Hall–Kier alpha value is -1.08. The first-order chi connectivity index (χ1) is 7.90. The quantitative estimate of drug-likeness (QED) is 0.825. The molecule has 0 aliphatic heterocycles. The average Bonchev–Trinajstić information content (AvgIpc) is 2.20. The molecule has 17 heavy (non-hydrogen) atoms. The molecule has 0 radical (unpaired) electrons. The van der Waals surface area contributed by atoms with Crippen LogP contribution in [-0.2, 0) is 0 Å². The van der Waals surface area contributed by atoms with Crippen LogP contribution in [0, 0.1) is 20.8 Å². The van der Waals surface area contributed by atoms with Gasteiger partial charge >= 0.3 is 0 Å². The molecule has 0 saturated heterocycles. The fourth-order valence-corrected chi connectivity index (χ4v) is 2.08. The Labute approximate surface area is 106 Å². The van der Waals surface area contributed by atoms with Gasteiger partial charge in [0.15, 0.2) is 0 Å². The predicted octanol–water partition coefficient (Wildman–Crippen LogP) is 4.01. The maximum Gasteiger partial charge on any atom is 0.0167 e. The molecule has 1 heteroatoms. The second-order valence-corrected chi connectivity index (χ2v) is 5.34. The molecule has 0 atom stereocenters. The van der Waals surface area contributed by atoms with Crippen LogP contribution in [0.15, 0.2) is 17.7 Å². The van der Waals surface area contributed by atoms with Gasteiger partial charge < -0.3 is 5.32 Å². The molecule has 94 valence electrons. The molecule has 0 amide bonds. The first kappa shape index (κ1) is 14.0. The van der Waals surface area contributed by atoms with Gasteiger partial charge in [-0.3, -0.25) is 0 Å². The Kier molecular flexibility index (Phi) is 4.95. The predicted molar refractivity (Wildman–Crippen MR) is 77.4 cm³/mol. The Morgan fingerprint density at radius 1 is 1.18 bits per heavy atom. The zero-order chi connectivity index (χ0) is 13.0. The highest BCUT2D eigenvalue weighted by Crippen LogP contribution is 2.19. The molecule has 1 aromatic carbocycles. The van der Waals surface area contributed by atoms with Crippen LogP contribution < -0.4 is 5.32 Å². The fourth-order valence-electron chi connectivity index (χ4n) is 2.08. The topological polar surface area (TPSA) is 12.0 Å². The molecule has 0 fully saturated rings. The highest BCUT2D eigenvalue weighted by molar-refractivity contribution is 5.60.